The molecule has 0 saturated heterocycles. The maximum absolute atomic E-state index is 14.3. The number of rotatable bonds is 6. The number of benzene rings is 1. The number of carbonyl (C=O) groups is 2. The molecule has 0 aliphatic carbocycles. The van der Waals surface area contributed by atoms with Gasteiger partial charge >= 0.3 is 0 Å². The fourth-order valence-electron chi connectivity index (χ4n) is 3.87. The van der Waals surface area contributed by atoms with Gasteiger partial charge in [0, 0.05) is 28.1 Å². The third-order valence-electron chi connectivity index (χ3n) is 5.38. The van der Waals surface area contributed by atoms with Crippen LogP contribution in [0.5, 0.6) is 5.75 Å². The first-order valence-electron chi connectivity index (χ1n) is 10.1. The molecule has 0 saturated carbocycles. The summed E-state index contributed by atoms with van der Waals surface area (Å²) in [5.74, 6) is 0.0891. The lowest BCUT2D eigenvalue weighted by molar-refractivity contribution is -0.124. The van der Waals surface area contributed by atoms with Crippen molar-refractivity contribution < 1.29 is 18.7 Å². The van der Waals surface area contributed by atoms with Crippen LogP contribution < -0.4 is 10.1 Å². The second-order valence-corrected chi connectivity index (χ2v) is 8.98. The van der Waals surface area contributed by atoms with Crippen molar-refractivity contribution in [1.29, 1.82) is 0 Å². The van der Waals surface area contributed by atoms with Gasteiger partial charge in [0.2, 0.25) is 5.91 Å². The van der Waals surface area contributed by atoms with Gasteiger partial charge < -0.3 is 10.1 Å². The quantitative estimate of drug-likeness (QED) is 0.581. The van der Waals surface area contributed by atoms with Crippen LogP contribution in [0.25, 0.3) is 10.4 Å². The first-order chi connectivity index (χ1) is 14.7. The van der Waals surface area contributed by atoms with Crippen molar-refractivity contribution in [1.82, 2.24) is 15.1 Å². The normalized spacial score (nSPS) is 16.0. The van der Waals surface area contributed by atoms with Gasteiger partial charge in [-0.05, 0) is 58.0 Å². The maximum atomic E-state index is 14.3. The number of halogens is 1. The van der Waals surface area contributed by atoms with Crippen LogP contribution in [-0.2, 0) is 11.2 Å². The van der Waals surface area contributed by atoms with Gasteiger partial charge in [-0.1, -0.05) is 0 Å². The second-order valence-electron chi connectivity index (χ2n) is 7.90. The Morgan fingerprint density at radius 1 is 1.32 bits per heavy atom. The minimum Gasteiger partial charge on any atom is -0.487 e. The maximum Gasteiger partial charge on any atom is 0.244 e. The molecule has 0 fully saturated rings. The number of carbonyl (C=O) groups excluding carboxylic acids is 2. The summed E-state index contributed by atoms with van der Waals surface area (Å²) in [5, 5.41) is 7.30. The first kappa shape index (κ1) is 21.2. The summed E-state index contributed by atoms with van der Waals surface area (Å²) in [6.45, 7) is 7.42. The van der Waals surface area contributed by atoms with Crippen molar-refractivity contribution in [3.63, 3.8) is 0 Å². The van der Waals surface area contributed by atoms with E-state index in [4.69, 9.17) is 4.74 Å². The average molecular weight is 442 g/mol. The van der Waals surface area contributed by atoms with Gasteiger partial charge in [-0.15, -0.1) is 11.3 Å². The zero-order valence-electron chi connectivity index (χ0n) is 17.9. The molecule has 4 rings (SSSR count). The number of aromatic nitrogens is 2. The Kier molecular flexibility index (Phi) is 5.66. The zero-order chi connectivity index (χ0) is 22.3. The second kappa shape index (κ2) is 8.26. The van der Waals surface area contributed by atoms with E-state index in [-0.39, 0.29) is 23.6 Å². The van der Waals surface area contributed by atoms with Crippen LogP contribution in [0.15, 0.2) is 30.3 Å². The summed E-state index contributed by atoms with van der Waals surface area (Å²) in [7, 11) is 0. The summed E-state index contributed by atoms with van der Waals surface area (Å²) in [5.41, 5.74) is 3.18. The largest absolute Gasteiger partial charge is 0.487 e. The molecule has 0 radical (unpaired) electrons. The molecule has 2 aromatic heterocycles. The Balaban J connectivity index is 1.46. The lowest BCUT2D eigenvalue weighted by atomic mass is 10.0. The van der Waals surface area contributed by atoms with E-state index in [1.54, 1.807) is 17.7 Å². The minimum atomic E-state index is -0.443. The number of nitrogens with zero attached hydrogens (tertiary/aromatic N) is 2. The van der Waals surface area contributed by atoms with Crippen molar-refractivity contribution in [3.05, 3.63) is 58.0 Å². The summed E-state index contributed by atoms with van der Waals surface area (Å²) in [6.07, 6.45) is 0.207. The predicted molar refractivity (Wildman–Crippen MR) is 117 cm³/mol. The van der Waals surface area contributed by atoms with Gasteiger partial charge in [0.25, 0.3) is 0 Å². The van der Waals surface area contributed by atoms with Gasteiger partial charge in [-0.3, -0.25) is 14.3 Å². The fraction of sp³-hybridized carbons (Fsp3) is 0.348. The lowest BCUT2D eigenvalue weighted by Crippen LogP contribution is -2.38. The van der Waals surface area contributed by atoms with Gasteiger partial charge in [-0.2, -0.15) is 5.10 Å². The van der Waals surface area contributed by atoms with Crippen LogP contribution in [0.1, 0.15) is 46.5 Å². The van der Waals surface area contributed by atoms with E-state index >= 15 is 0 Å². The monoisotopic (exact) mass is 441 g/mol. The molecule has 0 bridgehead atoms. The summed E-state index contributed by atoms with van der Waals surface area (Å²) >= 11 is 1.32. The topological polar surface area (TPSA) is 73.2 Å². The highest BCUT2D eigenvalue weighted by Crippen LogP contribution is 2.42. The average Bonchev–Trinajstić information content (AvgIpc) is 3.42. The smallest absolute Gasteiger partial charge is 0.244 e. The molecule has 0 spiro atoms. The molecule has 2 atom stereocenters. The van der Waals surface area contributed by atoms with Gasteiger partial charge in [0.05, 0.1) is 17.1 Å². The Hall–Kier alpha value is -3.00. The number of hydrogen-bond acceptors (Lipinski definition) is 5. The van der Waals surface area contributed by atoms with Gasteiger partial charge in [0.15, 0.2) is 5.78 Å². The van der Waals surface area contributed by atoms with Crippen LogP contribution >= 0.6 is 11.3 Å². The van der Waals surface area contributed by atoms with Crippen LogP contribution in [0, 0.1) is 19.7 Å². The van der Waals surface area contributed by atoms with E-state index < -0.39 is 6.04 Å². The number of ether oxygens (including phenoxy) is 1. The van der Waals surface area contributed by atoms with E-state index in [0.717, 1.165) is 21.8 Å². The fourth-order valence-corrected chi connectivity index (χ4v) is 4.79. The highest BCUT2D eigenvalue weighted by molar-refractivity contribution is 7.17. The Morgan fingerprint density at radius 3 is 2.74 bits per heavy atom. The lowest BCUT2D eigenvalue weighted by Gasteiger charge is -2.17. The van der Waals surface area contributed by atoms with Crippen molar-refractivity contribution in [2.24, 2.45) is 0 Å². The Bertz CT molecular complexity index is 1170. The standard InChI is InChI=1S/C23H24FN3O3S/c1-12-7-13(2)27(26-12)14(3)23(29)25-11-18-9-16-8-17(24)10-19(22(16)30-18)21-6-5-20(31-21)15(4)28/h5-8,10,14,18H,9,11H2,1-4H3,(H,25,29). The summed E-state index contributed by atoms with van der Waals surface area (Å²) in [4.78, 5) is 25.7. The first-order valence-corrected chi connectivity index (χ1v) is 10.9. The highest BCUT2D eigenvalue weighted by atomic mass is 32.1. The van der Waals surface area contributed by atoms with E-state index in [0.29, 0.717) is 29.2 Å². The Labute approximate surface area is 184 Å². The van der Waals surface area contributed by atoms with E-state index in [1.165, 1.54) is 30.4 Å². The van der Waals surface area contributed by atoms with Crippen LogP contribution in [0.2, 0.25) is 0 Å². The molecule has 3 aromatic rings. The molecule has 162 valence electrons. The molecular weight excluding hydrogens is 417 g/mol. The molecule has 31 heavy (non-hydrogen) atoms. The molecule has 1 aliphatic heterocycles. The molecule has 1 amide bonds. The predicted octanol–water partition coefficient (Wildman–Crippen LogP) is 4.25. The molecule has 3 heterocycles. The van der Waals surface area contributed by atoms with Crippen LogP contribution in [0.4, 0.5) is 4.39 Å². The van der Waals surface area contributed by atoms with E-state index in [2.05, 4.69) is 10.4 Å². The number of hydrogen-bond donors (Lipinski definition) is 1. The number of thiophene rings is 1. The number of amides is 1. The number of Topliss-reactive ketones (excluding diaryl/α,β-unsaturated/α-hetero) is 1. The number of aryl methyl sites for hydroxylation is 2. The van der Waals surface area contributed by atoms with Crippen molar-refractivity contribution >= 4 is 23.0 Å². The van der Waals surface area contributed by atoms with Crippen LogP contribution in [-0.4, -0.2) is 34.1 Å². The molecule has 2 unspecified atom stereocenters. The van der Waals surface area contributed by atoms with E-state index in [1.807, 2.05) is 26.0 Å². The number of fused-ring (bicyclic) bond motifs is 1. The molecule has 1 N–H and O–H groups in total. The molecule has 6 nitrogen and oxygen atoms in total. The molecule has 1 aromatic carbocycles. The third-order valence-corrected chi connectivity index (χ3v) is 6.60. The molecule has 1 aliphatic rings. The number of ketones is 1. The molecule has 8 heteroatoms. The molecular formula is C23H24FN3O3S. The van der Waals surface area contributed by atoms with Gasteiger partial charge in [0.1, 0.15) is 23.7 Å². The summed E-state index contributed by atoms with van der Waals surface area (Å²) < 4.78 is 22.0. The van der Waals surface area contributed by atoms with Crippen molar-refractivity contribution in [2.75, 3.05) is 6.54 Å². The van der Waals surface area contributed by atoms with Crippen molar-refractivity contribution in [3.8, 4) is 16.2 Å². The zero-order valence-corrected chi connectivity index (χ0v) is 18.7. The van der Waals surface area contributed by atoms with E-state index in [9.17, 15) is 14.0 Å². The Morgan fingerprint density at radius 2 is 2.10 bits per heavy atom. The number of nitrogens with one attached hydrogen (secondary N) is 1. The van der Waals surface area contributed by atoms with Crippen LogP contribution in [0.3, 0.4) is 0 Å². The third kappa shape index (κ3) is 4.25. The highest BCUT2D eigenvalue weighted by Gasteiger charge is 2.29. The summed E-state index contributed by atoms with van der Waals surface area (Å²) in [6, 6.07) is 7.94. The SMILES string of the molecule is CC(=O)c1ccc(-c2cc(F)cc3c2OC(CNC(=O)C(C)n2nc(C)cc2C)C3)s1. The van der Waals surface area contributed by atoms with Gasteiger partial charge in [-0.25, -0.2) is 4.39 Å². The van der Waals surface area contributed by atoms with Crippen molar-refractivity contribution in [2.45, 2.75) is 46.3 Å². The minimum absolute atomic E-state index is 0.0254.